The molecule has 2 aliphatic rings. The van der Waals surface area contributed by atoms with E-state index in [9.17, 15) is 4.79 Å². The van der Waals surface area contributed by atoms with Gasteiger partial charge >= 0.3 is 0 Å². The van der Waals surface area contributed by atoms with Crippen molar-refractivity contribution in [1.29, 1.82) is 0 Å². The molecule has 0 aromatic carbocycles. The van der Waals surface area contributed by atoms with Crippen LogP contribution in [0.4, 0.5) is 0 Å². The molecule has 0 unspecified atom stereocenters. The molecule has 1 amide bonds. The first kappa shape index (κ1) is 24.3. The van der Waals surface area contributed by atoms with Crippen LogP contribution in [0.1, 0.15) is 73.6 Å². The smallest absolute Gasteiger partial charge is 0.223 e. The number of nitrogens with one attached hydrogen (secondary N) is 3. The fraction of sp³-hybridized carbons (Fsp3) is 0.952. The second kappa shape index (κ2) is 11.3. The zero-order chi connectivity index (χ0) is 20.5. The Hall–Kier alpha value is -0.690. The van der Waals surface area contributed by atoms with Crippen molar-refractivity contribution in [2.75, 3.05) is 32.7 Å². The summed E-state index contributed by atoms with van der Waals surface area (Å²) in [7, 11) is 0. The first-order chi connectivity index (χ1) is 12.5. The third-order valence-corrected chi connectivity index (χ3v) is 4.82. The zero-order valence-electron chi connectivity index (χ0n) is 18.7. The first-order valence-corrected chi connectivity index (χ1v) is 10.7. The summed E-state index contributed by atoms with van der Waals surface area (Å²) < 4.78 is 0. The third kappa shape index (κ3) is 11.7. The van der Waals surface area contributed by atoms with Gasteiger partial charge in [-0.25, -0.2) is 0 Å². The fourth-order valence-electron chi connectivity index (χ4n) is 3.75. The van der Waals surface area contributed by atoms with E-state index in [1.54, 1.807) is 0 Å². The molecule has 2 heterocycles. The van der Waals surface area contributed by atoms with Gasteiger partial charge in [-0.05, 0) is 80.3 Å². The minimum atomic E-state index is 0.161. The highest BCUT2D eigenvalue weighted by atomic mass is 16.2. The van der Waals surface area contributed by atoms with Gasteiger partial charge < -0.3 is 26.6 Å². The van der Waals surface area contributed by atoms with Crippen LogP contribution in [-0.4, -0.2) is 66.7 Å². The molecule has 0 bridgehead atoms. The van der Waals surface area contributed by atoms with Gasteiger partial charge in [0, 0.05) is 49.2 Å². The summed E-state index contributed by atoms with van der Waals surface area (Å²) in [6.45, 7) is 17.8. The van der Waals surface area contributed by atoms with Crippen LogP contribution >= 0.6 is 0 Å². The van der Waals surface area contributed by atoms with Crippen LogP contribution in [0, 0.1) is 0 Å². The Balaban J connectivity index is 0.000000289. The molecule has 2 saturated heterocycles. The van der Waals surface area contributed by atoms with E-state index in [-0.39, 0.29) is 17.0 Å². The Morgan fingerprint density at radius 2 is 1.37 bits per heavy atom. The van der Waals surface area contributed by atoms with E-state index in [0.717, 1.165) is 32.0 Å². The number of hydrogen-bond acceptors (Lipinski definition) is 5. The molecule has 2 fully saturated rings. The van der Waals surface area contributed by atoms with Crippen LogP contribution in [-0.2, 0) is 4.79 Å². The van der Waals surface area contributed by atoms with Crippen molar-refractivity contribution in [3.8, 4) is 0 Å². The van der Waals surface area contributed by atoms with Crippen molar-refractivity contribution >= 4 is 5.91 Å². The normalized spacial score (nSPS) is 20.2. The molecular formula is C21H45N5O. The van der Waals surface area contributed by atoms with E-state index in [0.29, 0.717) is 19.0 Å². The molecule has 6 nitrogen and oxygen atoms in total. The van der Waals surface area contributed by atoms with Gasteiger partial charge in [0.25, 0.3) is 0 Å². The van der Waals surface area contributed by atoms with Crippen molar-refractivity contribution in [3.63, 3.8) is 0 Å². The summed E-state index contributed by atoms with van der Waals surface area (Å²) in [6, 6.07) is 1.28. The summed E-state index contributed by atoms with van der Waals surface area (Å²) in [5.41, 5.74) is 5.83. The first-order valence-electron chi connectivity index (χ1n) is 10.7. The van der Waals surface area contributed by atoms with Crippen LogP contribution in [0.2, 0.25) is 0 Å². The SMILES string of the molecule is CC(C)(C)NC1CCN(C(=O)CCN)CC1.CC(C)(C)NC1CCNCC1. The van der Waals surface area contributed by atoms with Crippen molar-refractivity contribution in [2.45, 2.75) is 96.8 Å². The topological polar surface area (TPSA) is 82.4 Å². The molecule has 0 atom stereocenters. The van der Waals surface area contributed by atoms with E-state index in [4.69, 9.17) is 5.73 Å². The van der Waals surface area contributed by atoms with Crippen molar-refractivity contribution < 1.29 is 4.79 Å². The molecule has 0 radical (unpaired) electrons. The minimum Gasteiger partial charge on any atom is -0.343 e. The lowest BCUT2D eigenvalue weighted by molar-refractivity contribution is -0.132. The second-order valence-electron chi connectivity index (χ2n) is 10.0. The molecule has 27 heavy (non-hydrogen) atoms. The number of rotatable bonds is 4. The van der Waals surface area contributed by atoms with Gasteiger partial charge in [0.1, 0.15) is 0 Å². The van der Waals surface area contributed by atoms with Crippen molar-refractivity contribution in [3.05, 3.63) is 0 Å². The van der Waals surface area contributed by atoms with Gasteiger partial charge in [0.15, 0.2) is 0 Å². The summed E-state index contributed by atoms with van der Waals surface area (Å²) in [6.07, 6.45) is 5.13. The number of nitrogens with zero attached hydrogens (tertiary/aromatic N) is 1. The Morgan fingerprint density at radius 3 is 1.78 bits per heavy atom. The Labute approximate surface area is 167 Å². The van der Waals surface area contributed by atoms with Crippen molar-refractivity contribution in [1.82, 2.24) is 20.9 Å². The van der Waals surface area contributed by atoms with Crippen LogP contribution in [0.25, 0.3) is 0 Å². The predicted molar refractivity (Wildman–Crippen MR) is 115 cm³/mol. The minimum absolute atomic E-state index is 0.161. The maximum absolute atomic E-state index is 11.6. The number of amides is 1. The molecule has 0 aromatic heterocycles. The van der Waals surface area contributed by atoms with Crippen LogP contribution < -0.4 is 21.7 Å². The number of likely N-dealkylation sites (tertiary alicyclic amines) is 1. The average molecular weight is 384 g/mol. The summed E-state index contributed by atoms with van der Waals surface area (Å²) in [5.74, 6) is 0.205. The van der Waals surface area contributed by atoms with Gasteiger partial charge in [0.05, 0.1) is 0 Å². The quantitative estimate of drug-likeness (QED) is 0.595. The zero-order valence-corrected chi connectivity index (χ0v) is 18.7. The van der Waals surface area contributed by atoms with Gasteiger partial charge in [0.2, 0.25) is 5.91 Å². The number of nitrogens with two attached hydrogens (primary N) is 1. The number of carbonyl (C=O) groups excluding carboxylic acids is 1. The van der Waals surface area contributed by atoms with Gasteiger partial charge in [-0.15, -0.1) is 0 Å². The lowest BCUT2D eigenvalue weighted by Crippen LogP contribution is -2.50. The lowest BCUT2D eigenvalue weighted by Gasteiger charge is -2.36. The maximum atomic E-state index is 11.6. The Bertz CT molecular complexity index is 413. The number of carbonyl (C=O) groups is 1. The van der Waals surface area contributed by atoms with Crippen LogP contribution in [0.3, 0.4) is 0 Å². The molecule has 5 N–H and O–H groups in total. The largest absolute Gasteiger partial charge is 0.343 e. The van der Waals surface area contributed by atoms with Gasteiger partial charge in [-0.1, -0.05) is 0 Å². The highest BCUT2D eigenvalue weighted by molar-refractivity contribution is 5.76. The number of piperidine rings is 2. The summed E-state index contributed by atoms with van der Waals surface area (Å²) >= 11 is 0. The summed E-state index contributed by atoms with van der Waals surface area (Å²) in [4.78, 5) is 13.6. The van der Waals surface area contributed by atoms with E-state index in [2.05, 4.69) is 57.5 Å². The molecule has 0 saturated carbocycles. The van der Waals surface area contributed by atoms with Crippen molar-refractivity contribution in [2.24, 2.45) is 5.73 Å². The standard InChI is InChI=1S/C12H25N3O.C9H20N2/c1-12(2,3)14-10-5-8-15(9-6-10)11(16)4-7-13;1-9(2,3)11-8-4-6-10-7-5-8/h10,14H,4-9,13H2,1-3H3;8,10-11H,4-7H2,1-3H3. The highest BCUT2D eigenvalue weighted by Crippen LogP contribution is 2.14. The fourth-order valence-corrected chi connectivity index (χ4v) is 3.75. The van der Waals surface area contributed by atoms with E-state index >= 15 is 0 Å². The third-order valence-electron chi connectivity index (χ3n) is 4.82. The van der Waals surface area contributed by atoms with Crippen LogP contribution in [0.15, 0.2) is 0 Å². The van der Waals surface area contributed by atoms with E-state index < -0.39 is 0 Å². The van der Waals surface area contributed by atoms with E-state index in [1.807, 2.05) is 4.90 Å². The van der Waals surface area contributed by atoms with Gasteiger partial charge in [-0.2, -0.15) is 0 Å². The molecule has 0 aromatic rings. The molecule has 160 valence electrons. The molecule has 2 aliphatic heterocycles. The van der Waals surface area contributed by atoms with E-state index in [1.165, 1.54) is 25.9 Å². The molecule has 2 rings (SSSR count). The van der Waals surface area contributed by atoms with Gasteiger partial charge in [-0.3, -0.25) is 4.79 Å². The lowest BCUT2D eigenvalue weighted by atomic mass is 10.00. The monoisotopic (exact) mass is 383 g/mol. The highest BCUT2D eigenvalue weighted by Gasteiger charge is 2.24. The number of hydrogen-bond donors (Lipinski definition) is 4. The molecule has 6 heteroatoms. The summed E-state index contributed by atoms with van der Waals surface area (Å²) in [5, 5.41) is 10.6. The molecule has 0 spiro atoms. The Morgan fingerprint density at radius 1 is 0.926 bits per heavy atom. The van der Waals surface area contributed by atoms with Crippen LogP contribution in [0.5, 0.6) is 0 Å². The maximum Gasteiger partial charge on any atom is 0.223 e. The average Bonchev–Trinajstić information content (AvgIpc) is 2.54. The molecular weight excluding hydrogens is 338 g/mol. The second-order valence-corrected chi connectivity index (χ2v) is 10.0. The molecule has 0 aliphatic carbocycles. The Kier molecular flexibility index (Phi) is 10.2. The predicted octanol–water partition coefficient (Wildman–Crippen LogP) is 1.84.